The van der Waals surface area contributed by atoms with Crippen LogP contribution in [0.25, 0.3) is 0 Å². The van der Waals surface area contributed by atoms with Crippen LogP contribution in [0.2, 0.25) is 0 Å². The summed E-state index contributed by atoms with van der Waals surface area (Å²) < 4.78 is 39.1. The van der Waals surface area contributed by atoms with Gasteiger partial charge in [-0.3, -0.25) is 9.59 Å². The van der Waals surface area contributed by atoms with Gasteiger partial charge in [-0.25, -0.2) is 0 Å². The molecule has 1 aliphatic rings. The Morgan fingerprint density at radius 3 is 2.34 bits per heavy atom. The summed E-state index contributed by atoms with van der Waals surface area (Å²) in [5.41, 5.74) is 0.789. The Kier molecular flexibility index (Phi) is 5.96. The third-order valence-corrected chi connectivity index (χ3v) is 5.04. The molecule has 2 aromatic rings. The maximum atomic E-state index is 13.0. The molecule has 29 heavy (non-hydrogen) atoms. The monoisotopic (exact) mass is 404 g/mol. The first-order chi connectivity index (χ1) is 13.7. The molecule has 0 spiro atoms. The van der Waals surface area contributed by atoms with Crippen LogP contribution in [0.4, 0.5) is 18.9 Å². The van der Waals surface area contributed by atoms with Gasteiger partial charge in [0.05, 0.1) is 11.6 Å². The number of alkyl halides is 3. The maximum Gasteiger partial charge on any atom is 0.416 e. The molecule has 1 saturated heterocycles. The molecule has 3 rings (SSSR count). The average molecular weight is 404 g/mol. The Morgan fingerprint density at radius 2 is 1.79 bits per heavy atom. The molecule has 1 fully saturated rings. The third kappa shape index (κ3) is 4.78. The summed E-state index contributed by atoms with van der Waals surface area (Å²) in [6.07, 6.45) is -3.10. The zero-order valence-corrected chi connectivity index (χ0v) is 16.3. The lowest BCUT2D eigenvalue weighted by Crippen LogP contribution is -2.32. The first kappa shape index (κ1) is 20.9. The molecule has 0 aliphatic carbocycles. The van der Waals surface area contributed by atoms with Crippen LogP contribution in [0.1, 0.15) is 54.2 Å². The summed E-state index contributed by atoms with van der Waals surface area (Å²) in [6.45, 7) is 4.34. The minimum Gasteiger partial charge on any atom is -0.345 e. The highest BCUT2D eigenvalue weighted by Crippen LogP contribution is 2.32. The molecule has 0 bridgehead atoms. The van der Waals surface area contributed by atoms with E-state index in [1.165, 1.54) is 6.07 Å². The number of carbonyl (C=O) groups excluding carboxylic acids is 2. The van der Waals surface area contributed by atoms with Gasteiger partial charge in [-0.1, -0.05) is 26.0 Å². The molecule has 1 aliphatic heterocycles. The quantitative estimate of drug-likeness (QED) is 0.766. The summed E-state index contributed by atoms with van der Waals surface area (Å²) in [5, 5.41) is 2.84. The molecule has 2 amide bonds. The number of rotatable bonds is 5. The van der Waals surface area contributed by atoms with Gasteiger partial charge in [0.15, 0.2) is 0 Å². The standard InChI is InChI=1S/C22H23F3N2O2/c1-14(2)20(16-5-3-6-17(13-16)22(23,24)25)26-21(29)15-8-10-18(11-9-15)27-12-4-7-19(27)28/h3,5-6,8-11,13-14,20H,4,7,12H2,1-2H3,(H,26,29). The lowest BCUT2D eigenvalue weighted by Gasteiger charge is -2.24. The molecule has 2 aromatic carbocycles. The molecule has 4 nitrogen and oxygen atoms in total. The summed E-state index contributed by atoms with van der Waals surface area (Å²) in [7, 11) is 0. The van der Waals surface area contributed by atoms with Gasteiger partial charge in [0.25, 0.3) is 5.91 Å². The number of nitrogens with one attached hydrogen (secondary N) is 1. The van der Waals surface area contributed by atoms with Crippen LogP contribution in [0, 0.1) is 5.92 Å². The predicted molar refractivity (Wildman–Crippen MR) is 105 cm³/mol. The highest BCUT2D eigenvalue weighted by molar-refractivity contribution is 5.97. The highest BCUT2D eigenvalue weighted by atomic mass is 19.4. The molecule has 1 unspecified atom stereocenters. The van der Waals surface area contributed by atoms with Crippen molar-refractivity contribution >= 4 is 17.5 Å². The van der Waals surface area contributed by atoms with Crippen molar-refractivity contribution in [3.63, 3.8) is 0 Å². The van der Waals surface area contributed by atoms with Crippen LogP contribution in [0.3, 0.4) is 0 Å². The van der Waals surface area contributed by atoms with E-state index in [1.807, 2.05) is 13.8 Å². The number of hydrogen-bond donors (Lipinski definition) is 1. The fourth-order valence-corrected chi connectivity index (χ4v) is 3.48. The van der Waals surface area contributed by atoms with Crippen molar-refractivity contribution in [1.29, 1.82) is 0 Å². The molecule has 1 N–H and O–H groups in total. The van der Waals surface area contributed by atoms with Crippen molar-refractivity contribution in [1.82, 2.24) is 5.32 Å². The van der Waals surface area contributed by atoms with Gasteiger partial charge in [0, 0.05) is 24.2 Å². The molecule has 0 radical (unpaired) electrons. The topological polar surface area (TPSA) is 49.4 Å². The SMILES string of the molecule is CC(C)C(NC(=O)c1ccc(N2CCCC2=O)cc1)c1cccc(C(F)(F)F)c1. The van der Waals surface area contributed by atoms with Crippen molar-refractivity contribution in [2.45, 2.75) is 38.9 Å². The number of carbonyl (C=O) groups is 2. The van der Waals surface area contributed by atoms with Crippen LogP contribution in [0.5, 0.6) is 0 Å². The number of halogens is 3. The first-order valence-corrected chi connectivity index (χ1v) is 9.55. The van der Waals surface area contributed by atoms with Crippen LogP contribution in [-0.4, -0.2) is 18.4 Å². The second-order valence-electron chi connectivity index (χ2n) is 7.51. The number of nitrogens with zero attached hydrogens (tertiary/aromatic N) is 1. The Balaban J connectivity index is 1.77. The van der Waals surface area contributed by atoms with Gasteiger partial charge >= 0.3 is 6.18 Å². The van der Waals surface area contributed by atoms with Crippen molar-refractivity contribution in [3.05, 3.63) is 65.2 Å². The van der Waals surface area contributed by atoms with E-state index in [1.54, 1.807) is 35.2 Å². The molecule has 1 atom stereocenters. The fourth-order valence-electron chi connectivity index (χ4n) is 3.48. The van der Waals surface area contributed by atoms with E-state index < -0.39 is 17.8 Å². The van der Waals surface area contributed by atoms with Gasteiger partial charge in [-0.2, -0.15) is 13.2 Å². The average Bonchev–Trinajstić information content (AvgIpc) is 3.11. The normalized spacial score (nSPS) is 15.7. The van der Waals surface area contributed by atoms with Crippen LogP contribution in [-0.2, 0) is 11.0 Å². The van der Waals surface area contributed by atoms with Gasteiger partial charge in [-0.05, 0) is 54.3 Å². The molecular formula is C22H23F3N2O2. The molecule has 0 aromatic heterocycles. The van der Waals surface area contributed by atoms with Crippen molar-refractivity contribution < 1.29 is 22.8 Å². The first-order valence-electron chi connectivity index (χ1n) is 9.55. The Bertz CT molecular complexity index is 892. The highest BCUT2D eigenvalue weighted by Gasteiger charge is 2.31. The van der Waals surface area contributed by atoms with E-state index in [9.17, 15) is 22.8 Å². The van der Waals surface area contributed by atoms with E-state index in [4.69, 9.17) is 0 Å². The van der Waals surface area contributed by atoms with Crippen LogP contribution >= 0.6 is 0 Å². The molecular weight excluding hydrogens is 381 g/mol. The van der Waals surface area contributed by atoms with Gasteiger partial charge in [0.2, 0.25) is 5.91 Å². The smallest absolute Gasteiger partial charge is 0.345 e. The molecule has 7 heteroatoms. The molecule has 154 valence electrons. The van der Waals surface area contributed by atoms with E-state index in [2.05, 4.69) is 5.32 Å². The Labute approximate surface area is 167 Å². The minimum atomic E-state index is -4.44. The lowest BCUT2D eigenvalue weighted by atomic mass is 9.94. The van der Waals surface area contributed by atoms with Crippen molar-refractivity contribution in [2.75, 3.05) is 11.4 Å². The summed E-state index contributed by atoms with van der Waals surface area (Å²) in [5.74, 6) is -0.420. The third-order valence-electron chi connectivity index (χ3n) is 5.04. The lowest BCUT2D eigenvalue weighted by molar-refractivity contribution is -0.137. The Morgan fingerprint density at radius 1 is 1.10 bits per heavy atom. The summed E-state index contributed by atoms with van der Waals surface area (Å²) >= 11 is 0. The number of benzene rings is 2. The number of amides is 2. The largest absolute Gasteiger partial charge is 0.416 e. The van der Waals surface area contributed by atoms with Crippen molar-refractivity contribution in [3.8, 4) is 0 Å². The summed E-state index contributed by atoms with van der Waals surface area (Å²) in [6, 6.07) is 11.1. The second kappa shape index (κ2) is 8.27. The predicted octanol–water partition coefficient (Wildman–Crippen LogP) is 4.96. The van der Waals surface area contributed by atoms with Gasteiger partial charge in [-0.15, -0.1) is 0 Å². The van der Waals surface area contributed by atoms with Gasteiger partial charge < -0.3 is 10.2 Å². The number of anilines is 1. The Hall–Kier alpha value is -2.83. The van der Waals surface area contributed by atoms with Crippen LogP contribution < -0.4 is 10.2 Å². The van der Waals surface area contributed by atoms with Crippen molar-refractivity contribution in [2.24, 2.45) is 5.92 Å². The molecule has 0 saturated carbocycles. The number of hydrogen-bond acceptors (Lipinski definition) is 2. The maximum absolute atomic E-state index is 13.0. The van der Waals surface area contributed by atoms with Gasteiger partial charge in [0.1, 0.15) is 0 Å². The zero-order chi connectivity index (χ0) is 21.2. The van der Waals surface area contributed by atoms with E-state index in [0.29, 0.717) is 24.1 Å². The zero-order valence-electron chi connectivity index (χ0n) is 16.3. The minimum absolute atomic E-state index is 0.0617. The summed E-state index contributed by atoms with van der Waals surface area (Å²) in [4.78, 5) is 26.2. The molecule has 1 heterocycles. The fraction of sp³-hybridized carbons (Fsp3) is 0.364. The van der Waals surface area contributed by atoms with E-state index in [0.717, 1.165) is 24.2 Å². The second-order valence-corrected chi connectivity index (χ2v) is 7.51. The van der Waals surface area contributed by atoms with E-state index in [-0.39, 0.29) is 17.7 Å². The van der Waals surface area contributed by atoms with E-state index >= 15 is 0 Å². The van der Waals surface area contributed by atoms with Crippen LogP contribution in [0.15, 0.2) is 48.5 Å².